The smallest absolute Gasteiger partial charge is 0.293 e. The maximum atomic E-state index is 14.1. The molecule has 0 aliphatic carbocycles. The van der Waals surface area contributed by atoms with Crippen LogP contribution in [-0.4, -0.2) is 32.5 Å². The van der Waals surface area contributed by atoms with Crippen LogP contribution in [0.2, 0.25) is 0 Å². The van der Waals surface area contributed by atoms with Crippen molar-refractivity contribution in [2.45, 2.75) is 11.1 Å². The molecule has 0 bridgehead atoms. The van der Waals surface area contributed by atoms with E-state index in [1.807, 2.05) is 0 Å². The van der Waals surface area contributed by atoms with Crippen molar-refractivity contribution >= 4 is 38.2 Å². The van der Waals surface area contributed by atoms with E-state index in [4.69, 9.17) is 5.14 Å². The van der Waals surface area contributed by atoms with Crippen LogP contribution in [0.5, 0.6) is 0 Å². The highest BCUT2D eigenvalue weighted by Crippen LogP contribution is 2.34. The third-order valence-electron chi connectivity index (χ3n) is 5.10. The summed E-state index contributed by atoms with van der Waals surface area (Å²) in [5.41, 5.74) is 1.10. The summed E-state index contributed by atoms with van der Waals surface area (Å²) in [6.45, 7) is 1.61. The first kappa shape index (κ1) is 22.8. The summed E-state index contributed by atoms with van der Waals surface area (Å²) in [4.78, 5) is 20.0. The SMILES string of the molecule is Cc1nc(N2C[C@@H](C#N)CN(c3ccc(-c4cc(F)ccc4F)cc3)C2=O)sc1S(N)(=O)=O. The van der Waals surface area contributed by atoms with E-state index in [1.54, 1.807) is 24.3 Å². The molecule has 33 heavy (non-hydrogen) atoms. The summed E-state index contributed by atoms with van der Waals surface area (Å²) in [7, 11) is -4.01. The number of nitrogens with two attached hydrogens (primary N) is 1. The second-order valence-electron chi connectivity index (χ2n) is 7.42. The third-order valence-corrected chi connectivity index (χ3v) is 7.83. The van der Waals surface area contributed by atoms with Gasteiger partial charge in [0.1, 0.15) is 11.6 Å². The van der Waals surface area contributed by atoms with E-state index in [0.717, 1.165) is 29.5 Å². The Hall–Kier alpha value is -3.40. The summed E-state index contributed by atoms with van der Waals surface area (Å²) in [5, 5.41) is 14.9. The zero-order valence-corrected chi connectivity index (χ0v) is 18.8. The number of carbonyl (C=O) groups is 1. The fourth-order valence-electron chi connectivity index (χ4n) is 3.55. The van der Waals surface area contributed by atoms with Crippen LogP contribution < -0.4 is 14.9 Å². The van der Waals surface area contributed by atoms with Gasteiger partial charge in [-0.15, -0.1) is 0 Å². The first-order chi connectivity index (χ1) is 15.6. The highest BCUT2D eigenvalue weighted by atomic mass is 32.2. The predicted molar refractivity (Wildman–Crippen MR) is 119 cm³/mol. The van der Waals surface area contributed by atoms with Gasteiger partial charge in [-0.3, -0.25) is 9.80 Å². The van der Waals surface area contributed by atoms with Crippen molar-refractivity contribution in [1.29, 1.82) is 5.26 Å². The molecule has 1 aliphatic rings. The Labute approximate surface area is 192 Å². The van der Waals surface area contributed by atoms with Gasteiger partial charge in [0, 0.05) is 24.3 Å². The number of urea groups is 1. The molecule has 2 amide bonds. The summed E-state index contributed by atoms with van der Waals surface area (Å²) in [6, 6.07) is 11.0. The summed E-state index contributed by atoms with van der Waals surface area (Å²) >= 11 is 0.757. The molecule has 3 aromatic rings. The minimum atomic E-state index is -4.01. The fourth-order valence-corrected chi connectivity index (χ4v) is 5.50. The average molecular weight is 490 g/mol. The molecule has 1 atom stereocenters. The van der Waals surface area contributed by atoms with E-state index in [2.05, 4.69) is 11.1 Å². The Kier molecular flexibility index (Phi) is 5.87. The molecule has 1 saturated heterocycles. The third kappa shape index (κ3) is 4.43. The van der Waals surface area contributed by atoms with E-state index < -0.39 is 33.6 Å². The summed E-state index contributed by atoms with van der Waals surface area (Å²) in [6.07, 6.45) is 0. The number of nitriles is 1. The van der Waals surface area contributed by atoms with Crippen molar-refractivity contribution in [1.82, 2.24) is 4.98 Å². The standard InChI is InChI=1S/C21H17F2N5O3S2/c1-12-19(33(25,30)31)32-20(26-12)28-11-13(9-24)10-27(21(28)29)16-5-2-14(3-6-16)17-8-15(22)4-7-18(17)23/h2-8,13H,10-11H2,1H3,(H2,25,30,31)/t13-/m0/s1. The first-order valence-corrected chi connectivity index (χ1v) is 12.0. The maximum Gasteiger partial charge on any atom is 0.330 e. The van der Waals surface area contributed by atoms with Gasteiger partial charge >= 0.3 is 6.03 Å². The van der Waals surface area contributed by atoms with Gasteiger partial charge in [0.2, 0.25) is 10.0 Å². The number of thiazole rings is 1. The molecule has 1 aliphatic heterocycles. The van der Waals surface area contributed by atoms with E-state index >= 15 is 0 Å². The number of amides is 2. The highest BCUT2D eigenvalue weighted by Gasteiger charge is 2.36. The van der Waals surface area contributed by atoms with Gasteiger partial charge in [0.05, 0.1) is 17.7 Å². The van der Waals surface area contributed by atoms with Crippen molar-refractivity contribution in [3.05, 3.63) is 59.8 Å². The van der Waals surface area contributed by atoms with E-state index in [1.165, 1.54) is 16.7 Å². The van der Waals surface area contributed by atoms with Crippen molar-refractivity contribution in [3.63, 3.8) is 0 Å². The Morgan fingerprint density at radius 1 is 1.15 bits per heavy atom. The van der Waals surface area contributed by atoms with Crippen LogP contribution in [0.3, 0.4) is 0 Å². The maximum absolute atomic E-state index is 14.1. The molecule has 2 aromatic carbocycles. The lowest BCUT2D eigenvalue weighted by Gasteiger charge is -2.36. The molecule has 0 unspecified atom stereocenters. The lowest BCUT2D eigenvalue weighted by Crippen LogP contribution is -2.53. The van der Waals surface area contributed by atoms with Crippen LogP contribution in [-0.2, 0) is 10.0 Å². The van der Waals surface area contributed by atoms with Crippen LogP contribution in [0.15, 0.2) is 46.7 Å². The Morgan fingerprint density at radius 3 is 2.42 bits per heavy atom. The number of benzene rings is 2. The number of hydrogen-bond donors (Lipinski definition) is 1. The van der Waals surface area contributed by atoms with Crippen LogP contribution >= 0.6 is 11.3 Å². The van der Waals surface area contributed by atoms with E-state index in [-0.39, 0.29) is 33.7 Å². The number of primary sulfonamides is 1. The zero-order valence-electron chi connectivity index (χ0n) is 17.2. The molecule has 170 valence electrons. The van der Waals surface area contributed by atoms with Crippen molar-refractivity contribution in [2.24, 2.45) is 11.1 Å². The van der Waals surface area contributed by atoms with Gasteiger partial charge in [-0.05, 0) is 42.8 Å². The number of anilines is 2. The molecular weight excluding hydrogens is 472 g/mol. The minimum Gasteiger partial charge on any atom is -0.293 e. The molecule has 4 rings (SSSR count). The molecule has 2 N–H and O–H groups in total. The van der Waals surface area contributed by atoms with Gasteiger partial charge in [0.25, 0.3) is 0 Å². The number of nitrogens with zero attached hydrogens (tertiary/aromatic N) is 4. The Balaban J connectivity index is 1.67. The molecule has 2 heterocycles. The number of halogens is 2. The predicted octanol–water partition coefficient (Wildman–Crippen LogP) is 3.63. The molecule has 0 spiro atoms. The van der Waals surface area contributed by atoms with E-state index in [9.17, 15) is 27.3 Å². The first-order valence-electron chi connectivity index (χ1n) is 9.63. The average Bonchev–Trinajstić information content (AvgIpc) is 3.18. The molecule has 8 nitrogen and oxygen atoms in total. The van der Waals surface area contributed by atoms with Crippen LogP contribution in [0.1, 0.15) is 5.69 Å². The van der Waals surface area contributed by atoms with Gasteiger partial charge in [0.15, 0.2) is 9.34 Å². The molecule has 1 aromatic heterocycles. The number of sulfonamides is 1. The summed E-state index contributed by atoms with van der Waals surface area (Å²) in [5.74, 6) is -1.74. The van der Waals surface area contributed by atoms with Crippen LogP contribution in [0.4, 0.5) is 24.4 Å². The van der Waals surface area contributed by atoms with E-state index in [0.29, 0.717) is 11.3 Å². The van der Waals surface area contributed by atoms with Crippen molar-refractivity contribution < 1.29 is 22.0 Å². The zero-order chi connectivity index (χ0) is 23.9. The molecule has 12 heteroatoms. The number of rotatable bonds is 4. The van der Waals surface area contributed by atoms with Crippen LogP contribution in [0.25, 0.3) is 11.1 Å². The summed E-state index contributed by atoms with van der Waals surface area (Å²) < 4.78 is 51.0. The number of hydrogen-bond acceptors (Lipinski definition) is 6. The fraction of sp³-hybridized carbons (Fsp3) is 0.190. The largest absolute Gasteiger partial charge is 0.330 e. The van der Waals surface area contributed by atoms with Crippen LogP contribution in [0, 0.1) is 35.8 Å². The lowest BCUT2D eigenvalue weighted by atomic mass is 10.0. The second-order valence-corrected chi connectivity index (χ2v) is 10.1. The molecular formula is C21H17F2N5O3S2. The van der Waals surface area contributed by atoms with Gasteiger partial charge in [-0.25, -0.2) is 32.1 Å². The quantitative estimate of drug-likeness (QED) is 0.600. The lowest BCUT2D eigenvalue weighted by molar-refractivity contribution is 0.246. The molecule has 1 fully saturated rings. The molecule has 0 radical (unpaired) electrons. The van der Waals surface area contributed by atoms with Gasteiger partial charge in [-0.2, -0.15) is 5.26 Å². The minimum absolute atomic E-state index is 0.0371. The number of aromatic nitrogens is 1. The topological polar surface area (TPSA) is 120 Å². The van der Waals surface area contributed by atoms with Crippen molar-refractivity contribution in [2.75, 3.05) is 22.9 Å². The highest BCUT2D eigenvalue weighted by molar-refractivity contribution is 7.91. The van der Waals surface area contributed by atoms with Gasteiger partial charge in [-0.1, -0.05) is 23.5 Å². The monoisotopic (exact) mass is 489 g/mol. The second kappa shape index (κ2) is 8.51. The normalized spacial score (nSPS) is 16.7. The number of aryl methyl sites for hydroxylation is 1. The molecule has 0 saturated carbocycles. The number of carbonyl (C=O) groups excluding carboxylic acids is 1. The van der Waals surface area contributed by atoms with Crippen molar-refractivity contribution in [3.8, 4) is 17.2 Å². The van der Waals surface area contributed by atoms with Gasteiger partial charge < -0.3 is 0 Å². The Bertz CT molecular complexity index is 1380. The Morgan fingerprint density at radius 2 is 1.82 bits per heavy atom.